The first-order chi connectivity index (χ1) is 10.8. The van der Waals surface area contributed by atoms with Gasteiger partial charge in [0.1, 0.15) is 10.8 Å². The summed E-state index contributed by atoms with van der Waals surface area (Å²) >= 11 is 5.80. The molecule has 0 fully saturated rings. The molecule has 7 nitrogen and oxygen atoms in total. The first kappa shape index (κ1) is 15.5. The topological polar surface area (TPSA) is 121 Å². The molecule has 0 spiro atoms. The number of fused-ring (bicyclic) bond motifs is 1. The monoisotopic (exact) mass is 350 g/mol. The minimum absolute atomic E-state index is 0.00485. The highest BCUT2D eigenvalue weighted by atomic mass is 35.5. The predicted molar refractivity (Wildman–Crippen MR) is 87.8 cm³/mol. The zero-order valence-corrected chi connectivity index (χ0v) is 13.1. The third kappa shape index (κ3) is 3.19. The molecule has 9 heteroatoms. The summed E-state index contributed by atoms with van der Waals surface area (Å²) in [4.78, 5) is 11.0. The number of benzene rings is 1. The number of hydrogen-bond acceptors (Lipinski definition) is 5. The van der Waals surface area contributed by atoms with Crippen molar-refractivity contribution in [1.29, 1.82) is 0 Å². The summed E-state index contributed by atoms with van der Waals surface area (Å²) in [6, 6.07) is 9.06. The van der Waals surface area contributed by atoms with Gasteiger partial charge in [-0.1, -0.05) is 11.6 Å². The molecule has 0 atom stereocenters. The molecule has 0 aliphatic heterocycles. The van der Waals surface area contributed by atoms with Crippen molar-refractivity contribution < 1.29 is 13.5 Å². The smallest absolute Gasteiger partial charge is 0.238 e. The number of nitrogens with two attached hydrogens (primary N) is 1. The lowest BCUT2D eigenvalue weighted by Gasteiger charge is -1.98. The molecule has 0 aliphatic carbocycles. The van der Waals surface area contributed by atoms with Gasteiger partial charge >= 0.3 is 0 Å². The Bertz CT molecular complexity index is 1010. The fourth-order valence-electron chi connectivity index (χ4n) is 2.05. The lowest BCUT2D eigenvalue weighted by Crippen LogP contribution is -2.11. The molecule has 0 radical (unpaired) electrons. The lowest BCUT2D eigenvalue weighted by molar-refractivity contribution is 0.457. The number of sulfonamides is 1. The van der Waals surface area contributed by atoms with E-state index in [9.17, 15) is 13.5 Å². The van der Waals surface area contributed by atoms with Crippen LogP contribution in [0.3, 0.4) is 0 Å². The van der Waals surface area contributed by atoms with Gasteiger partial charge in [-0.2, -0.15) is 0 Å². The number of H-pyrrole nitrogens is 1. The number of nitrogens with one attached hydrogen (secondary N) is 1. The van der Waals surface area contributed by atoms with E-state index in [1.807, 2.05) is 0 Å². The first-order valence-electron chi connectivity index (χ1n) is 6.39. The number of aromatic hydroxyl groups is 1. The number of aliphatic imine (C=N–C) groups is 1. The van der Waals surface area contributed by atoms with E-state index < -0.39 is 10.0 Å². The third-order valence-corrected chi connectivity index (χ3v) is 4.29. The Balaban J connectivity index is 1.95. The summed E-state index contributed by atoms with van der Waals surface area (Å²) in [7, 11) is -3.73. The fraction of sp³-hybridized carbons (Fsp3) is 0. The van der Waals surface area contributed by atoms with Crippen molar-refractivity contribution in [1.82, 2.24) is 9.97 Å². The molecule has 118 valence electrons. The highest BCUT2D eigenvalue weighted by Crippen LogP contribution is 2.26. The molecule has 3 rings (SSSR count). The number of aromatic nitrogens is 2. The predicted octanol–water partition coefficient (Wildman–Crippen LogP) is 2.32. The summed E-state index contributed by atoms with van der Waals surface area (Å²) in [5.74, 6) is -0.0836. The van der Waals surface area contributed by atoms with Crippen molar-refractivity contribution in [2.75, 3.05) is 0 Å². The molecule has 2 aromatic heterocycles. The molecule has 0 saturated carbocycles. The Morgan fingerprint density at radius 1 is 1.22 bits per heavy atom. The number of halogens is 1. The minimum Gasteiger partial charge on any atom is -0.494 e. The van der Waals surface area contributed by atoms with Gasteiger partial charge in [0.15, 0.2) is 5.88 Å². The quantitative estimate of drug-likeness (QED) is 0.495. The van der Waals surface area contributed by atoms with Crippen LogP contribution in [0, 0.1) is 0 Å². The average molecular weight is 351 g/mol. The lowest BCUT2D eigenvalue weighted by atomic mass is 10.2. The molecule has 0 aliphatic rings. The van der Waals surface area contributed by atoms with Gasteiger partial charge < -0.3 is 10.1 Å². The summed E-state index contributed by atoms with van der Waals surface area (Å²) in [5, 5.41) is 15.9. The van der Waals surface area contributed by atoms with E-state index in [2.05, 4.69) is 15.0 Å². The van der Waals surface area contributed by atoms with E-state index in [0.29, 0.717) is 27.4 Å². The maximum Gasteiger partial charge on any atom is 0.238 e. The van der Waals surface area contributed by atoms with Crippen LogP contribution in [0.5, 0.6) is 5.88 Å². The van der Waals surface area contributed by atoms with E-state index in [1.165, 1.54) is 30.5 Å². The molecule has 3 aromatic rings. The van der Waals surface area contributed by atoms with Gasteiger partial charge in [0, 0.05) is 11.6 Å². The first-order valence-corrected chi connectivity index (χ1v) is 8.31. The van der Waals surface area contributed by atoms with E-state index in [-0.39, 0.29) is 10.8 Å². The Morgan fingerprint density at radius 3 is 2.57 bits per heavy atom. The molecule has 0 unspecified atom stereocenters. The van der Waals surface area contributed by atoms with E-state index in [1.54, 1.807) is 12.1 Å². The molecule has 0 saturated heterocycles. The Morgan fingerprint density at radius 2 is 1.91 bits per heavy atom. The highest BCUT2D eigenvalue weighted by Gasteiger charge is 2.10. The molecular weight excluding hydrogens is 340 g/mol. The second-order valence-electron chi connectivity index (χ2n) is 4.71. The second kappa shape index (κ2) is 5.65. The molecule has 23 heavy (non-hydrogen) atoms. The zero-order chi connectivity index (χ0) is 16.6. The molecular formula is C14H11ClN4O3S. The number of nitrogens with zero attached hydrogens (tertiary/aromatic N) is 2. The molecule has 4 N–H and O–H groups in total. The maximum absolute atomic E-state index is 11.2. The molecule has 2 heterocycles. The van der Waals surface area contributed by atoms with Gasteiger partial charge in [-0.3, -0.25) is 4.99 Å². The van der Waals surface area contributed by atoms with Crippen molar-refractivity contribution in [3.63, 3.8) is 0 Å². The van der Waals surface area contributed by atoms with Crippen LogP contribution in [0.2, 0.25) is 5.15 Å². The minimum atomic E-state index is -3.73. The SMILES string of the molecule is NS(=O)(=O)c1ccc(N=Cc2c(O)[nH]c3nc(Cl)ccc23)cc1. The molecule has 0 amide bonds. The van der Waals surface area contributed by atoms with Crippen LogP contribution in [0.15, 0.2) is 46.3 Å². The Hall–Kier alpha value is -2.42. The van der Waals surface area contributed by atoms with Gasteiger partial charge in [-0.25, -0.2) is 18.5 Å². The van der Waals surface area contributed by atoms with Crippen LogP contribution in [-0.4, -0.2) is 29.7 Å². The fourth-order valence-corrected chi connectivity index (χ4v) is 2.71. The number of pyridine rings is 1. The largest absolute Gasteiger partial charge is 0.494 e. The number of hydrogen-bond donors (Lipinski definition) is 3. The van der Waals surface area contributed by atoms with Crippen LogP contribution in [0.4, 0.5) is 5.69 Å². The van der Waals surface area contributed by atoms with Crippen LogP contribution in [0.1, 0.15) is 5.56 Å². The number of rotatable bonds is 3. The van der Waals surface area contributed by atoms with Crippen molar-refractivity contribution in [2.24, 2.45) is 10.1 Å². The highest BCUT2D eigenvalue weighted by molar-refractivity contribution is 7.89. The number of aromatic amines is 1. The van der Waals surface area contributed by atoms with Crippen molar-refractivity contribution in [3.05, 3.63) is 47.1 Å². The van der Waals surface area contributed by atoms with Crippen LogP contribution >= 0.6 is 11.6 Å². The van der Waals surface area contributed by atoms with Crippen molar-refractivity contribution in [2.45, 2.75) is 4.90 Å². The Kier molecular flexibility index (Phi) is 3.80. The summed E-state index contributed by atoms with van der Waals surface area (Å²) < 4.78 is 22.4. The van der Waals surface area contributed by atoms with E-state index in [0.717, 1.165) is 0 Å². The van der Waals surface area contributed by atoms with E-state index in [4.69, 9.17) is 16.7 Å². The Labute approximate surface area is 136 Å². The van der Waals surface area contributed by atoms with Gasteiger partial charge in [-0.05, 0) is 36.4 Å². The van der Waals surface area contributed by atoms with E-state index >= 15 is 0 Å². The van der Waals surface area contributed by atoms with Gasteiger partial charge in [0.2, 0.25) is 10.0 Å². The van der Waals surface area contributed by atoms with Crippen LogP contribution in [-0.2, 0) is 10.0 Å². The third-order valence-electron chi connectivity index (χ3n) is 3.15. The molecule has 0 bridgehead atoms. The van der Waals surface area contributed by atoms with Crippen LogP contribution in [0.25, 0.3) is 11.0 Å². The normalized spacial score (nSPS) is 12.3. The second-order valence-corrected chi connectivity index (χ2v) is 6.66. The standard InChI is InChI=1S/C14H11ClN4O3S/c15-12-6-5-10-11(14(20)19-13(10)18-12)7-17-8-1-3-9(4-2-8)23(16,21)22/h1-7,20H,(H,18,19)(H2,16,21,22). The van der Waals surface area contributed by atoms with Crippen LogP contribution < -0.4 is 5.14 Å². The van der Waals surface area contributed by atoms with Crippen molar-refractivity contribution >= 4 is 44.6 Å². The zero-order valence-electron chi connectivity index (χ0n) is 11.6. The summed E-state index contributed by atoms with van der Waals surface area (Å²) in [5.41, 5.74) is 1.41. The maximum atomic E-state index is 11.2. The van der Waals surface area contributed by atoms with Gasteiger partial charge in [-0.15, -0.1) is 0 Å². The number of primary sulfonamides is 1. The molecule has 1 aromatic carbocycles. The summed E-state index contributed by atoms with van der Waals surface area (Å²) in [6.45, 7) is 0. The van der Waals surface area contributed by atoms with Gasteiger partial charge in [0.05, 0.1) is 16.1 Å². The van der Waals surface area contributed by atoms with Crippen molar-refractivity contribution in [3.8, 4) is 5.88 Å². The average Bonchev–Trinajstić information content (AvgIpc) is 2.79. The summed E-state index contributed by atoms with van der Waals surface area (Å²) in [6.07, 6.45) is 1.45. The van der Waals surface area contributed by atoms with Gasteiger partial charge in [0.25, 0.3) is 0 Å².